The minimum atomic E-state index is -0.604. The maximum Gasteiger partial charge on any atom is 0.282 e. The normalized spacial score (nSPS) is 19.9. The van der Waals surface area contributed by atoms with E-state index in [9.17, 15) is 20.0 Å². The van der Waals surface area contributed by atoms with Gasteiger partial charge in [0.25, 0.3) is 11.6 Å². The largest absolute Gasteiger partial charge is 0.508 e. The van der Waals surface area contributed by atoms with Crippen molar-refractivity contribution < 1.29 is 14.8 Å². The first-order chi connectivity index (χ1) is 9.40. The van der Waals surface area contributed by atoms with Crippen LogP contribution in [0.3, 0.4) is 0 Å². The summed E-state index contributed by atoms with van der Waals surface area (Å²) in [6.07, 6.45) is 0. The molecule has 1 heterocycles. The lowest BCUT2D eigenvalue weighted by Gasteiger charge is -2.38. The van der Waals surface area contributed by atoms with Crippen LogP contribution in [0.4, 0.5) is 5.69 Å². The van der Waals surface area contributed by atoms with Gasteiger partial charge in [0, 0.05) is 31.7 Å². The molecule has 0 aromatic heterocycles. The number of carbonyl (C=O) groups excluding carboxylic acids is 1. The van der Waals surface area contributed by atoms with Crippen molar-refractivity contribution in [1.82, 2.24) is 9.80 Å². The van der Waals surface area contributed by atoms with Gasteiger partial charge in [0.1, 0.15) is 11.3 Å². The molecule has 0 spiro atoms. The molecule has 7 nitrogen and oxygen atoms in total. The van der Waals surface area contributed by atoms with Crippen molar-refractivity contribution in [3.8, 4) is 5.75 Å². The van der Waals surface area contributed by atoms with Crippen LogP contribution in [0.5, 0.6) is 5.75 Å². The lowest BCUT2D eigenvalue weighted by molar-refractivity contribution is -0.385. The Labute approximate surface area is 116 Å². The summed E-state index contributed by atoms with van der Waals surface area (Å²) in [6.45, 7) is 3.87. The third-order valence-electron chi connectivity index (χ3n) is 3.50. The number of carbonyl (C=O) groups is 1. The lowest BCUT2D eigenvalue weighted by Crippen LogP contribution is -2.52. The van der Waals surface area contributed by atoms with Crippen molar-refractivity contribution in [1.29, 1.82) is 0 Å². The molecule has 1 aromatic carbocycles. The summed E-state index contributed by atoms with van der Waals surface area (Å²) < 4.78 is 0. The van der Waals surface area contributed by atoms with Crippen molar-refractivity contribution in [2.24, 2.45) is 0 Å². The molecule has 7 heteroatoms. The topological polar surface area (TPSA) is 86.9 Å². The highest BCUT2D eigenvalue weighted by Gasteiger charge is 2.30. The summed E-state index contributed by atoms with van der Waals surface area (Å²) in [6, 6.07) is 3.50. The Bertz CT molecular complexity index is 546. The van der Waals surface area contributed by atoms with Gasteiger partial charge in [0.15, 0.2) is 0 Å². The Kier molecular flexibility index (Phi) is 3.89. The molecule has 0 bridgehead atoms. The number of phenols is 1. The zero-order valence-corrected chi connectivity index (χ0v) is 11.4. The first kappa shape index (κ1) is 14.3. The number of rotatable bonds is 2. The van der Waals surface area contributed by atoms with Gasteiger partial charge < -0.3 is 14.9 Å². The van der Waals surface area contributed by atoms with Gasteiger partial charge in [-0.05, 0) is 26.1 Å². The van der Waals surface area contributed by atoms with Crippen molar-refractivity contribution in [3.05, 3.63) is 33.9 Å². The van der Waals surface area contributed by atoms with Crippen LogP contribution in [0.1, 0.15) is 17.3 Å². The number of benzene rings is 1. The number of hydrogen-bond donors (Lipinski definition) is 1. The molecule has 1 aliphatic heterocycles. The molecule has 2 rings (SSSR count). The summed E-state index contributed by atoms with van der Waals surface area (Å²) in [5, 5.41) is 20.5. The molecule has 1 aromatic rings. The van der Waals surface area contributed by atoms with E-state index in [1.54, 1.807) is 4.90 Å². The fraction of sp³-hybridized carbons (Fsp3) is 0.462. The van der Waals surface area contributed by atoms with Crippen LogP contribution in [-0.4, -0.2) is 58.5 Å². The van der Waals surface area contributed by atoms with Crippen LogP contribution in [0.15, 0.2) is 18.2 Å². The van der Waals surface area contributed by atoms with Crippen LogP contribution < -0.4 is 0 Å². The van der Waals surface area contributed by atoms with E-state index in [4.69, 9.17) is 0 Å². The minimum absolute atomic E-state index is 0.0248. The van der Waals surface area contributed by atoms with E-state index >= 15 is 0 Å². The molecule has 1 amide bonds. The highest BCUT2D eigenvalue weighted by atomic mass is 16.6. The van der Waals surface area contributed by atoms with Crippen molar-refractivity contribution in [2.45, 2.75) is 13.0 Å². The SMILES string of the molecule is CC1CN(C)CCN1C(=O)c1cc(O)ccc1[N+](=O)[O-]. The highest BCUT2D eigenvalue weighted by molar-refractivity contribution is 5.98. The van der Waals surface area contributed by atoms with Gasteiger partial charge in [-0.1, -0.05) is 0 Å². The van der Waals surface area contributed by atoms with Crippen LogP contribution in [0.25, 0.3) is 0 Å². The fourth-order valence-corrected chi connectivity index (χ4v) is 2.45. The summed E-state index contributed by atoms with van der Waals surface area (Å²) in [7, 11) is 1.97. The van der Waals surface area contributed by atoms with E-state index in [0.717, 1.165) is 25.2 Å². The van der Waals surface area contributed by atoms with Gasteiger partial charge in [-0.3, -0.25) is 14.9 Å². The van der Waals surface area contributed by atoms with Crippen molar-refractivity contribution >= 4 is 11.6 Å². The molecular formula is C13H17N3O4. The quantitative estimate of drug-likeness (QED) is 0.646. The standard InChI is InChI=1S/C13H17N3O4/c1-9-8-14(2)5-6-15(9)13(18)11-7-10(17)3-4-12(11)16(19)20/h3-4,7,9,17H,5-6,8H2,1-2H3. The highest BCUT2D eigenvalue weighted by Crippen LogP contribution is 2.26. The van der Waals surface area contributed by atoms with Crippen LogP contribution >= 0.6 is 0 Å². The van der Waals surface area contributed by atoms with Gasteiger partial charge in [0.05, 0.1) is 4.92 Å². The predicted octanol–water partition coefficient (Wildman–Crippen LogP) is 1.08. The Balaban J connectivity index is 2.33. The zero-order chi connectivity index (χ0) is 14.9. The van der Waals surface area contributed by atoms with E-state index < -0.39 is 10.8 Å². The third-order valence-corrected chi connectivity index (χ3v) is 3.50. The number of aromatic hydroxyl groups is 1. The van der Waals surface area contributed by atoms with Crippen LogP contribution in [-0.2, 0) is 0 Å². The second kappa shape index (κ2) is 5.46. The van der Waals surface area contributed by atoms with E-state index in [-0.39, 0.29) is 23.0 Å². The number of amides is 1. The van der Waals surface area contributed by atoms with E-state index in [0.29, 0.717) is 6.54 Å². The molecule has 1 aliphatic rings. The van der Waals surface area contributed by atoms with E-state index in [1.807, 2.05) is 14.0 Å². The van der Waals surface area contributed by atoms with Gasteiger partial charge >= 0.3 is 0 Å². The number of phenolic OH excluding ortho intramolecular Hbond substituents is 1. The Morgan fingerprint density at radius 2 is 2.15 bits per heavy atom. The third kappa shape index (κ3) is 2.72. The number of nitro groups is 1. The van der Waals surface area contributed by atoms with Crippen molar-refractivity contribution in [2.75, 3.05) is 26.7 Å². The van der Waals surface area contributed by atoms with Gasteiger partial charge in [-0.2, -0.15) is 0 Å². The molecule has 20 heavy (non-hydrogen) atoms. The Morgan fingerprint density at radius 3 is 2.75 bits per heavy atom. The van der Waals surface area contributed by atoms with Gasteiger partial charge in [-0.15, -0.1) is 0 Å². The average Bonchev–Trinajstić information content (AvgIpc) is 2.37. The fourth-order valence-electron chi connectivity index (χ4n) is 2.45. The van der Waals surface area contributed by atoms with Crippen LogP contribution in [0, 0.1) is 10.1 Å². The van der Waals surface area contributed by atoms with Gasteiger partial charge in [0.2, 0.25) is 0 Å². The molecule has 1 fully saturated rings. The molecule has 1 N–H and O–H groups in total. The molecule has 0 radical (unpaired) electrons. The number of piperazine rings is 1. The van der Waals surface area contributed by atoms with E-state index in [2.05, 4.69) is 4.90 Å². The molecular weight excluding hydrogens is 262 g/mol. The number of nitro benzene ring substituents is 1. The van der Waals surface area contributed by atoms with Crippen molar-refractivity contribution in [3.63, 3.8) is 0 Å². The average molecular weight is 279 g/mol. The summed E-state index contributed by atoms with van der Waals surface area (Å²) in [5.74, 6) is -0.561. The van der Waals surface area contributed by atoms with Crippen LogP contribution in [0.2, 0.25) is 0 Å². The lowest BCUT2D eigenvalue weighted by atomic mass is 10.1. The molecule has 0 saturated carbocycles. The summed E-state index contributed by atoms with van der Waals surface area (Å²) in [4.78, 5) is 26.6. The first-order valence-corrected chi connectivity index (χ1v) is 6.37. The molecule has 1 atom stereocenters. The maximum absolute atomic E-state index is 12.5. The number of nitrogens with zero attached hydrogens (tertiary/aromatic N) is 3. The second-order valence-corrected chi connectivity index (χ2v) is 5.07. The zero-order valence-electron chi connectivity index (χ0n) is 11.4. The smallest absolute Gasteiger partial charge is 0.282 e. The minimum Gasteiger partial charge on any atom is -0.508 e. The predicted molar refractivity (Wildman–Crippen MR) is 72.8 cm³/mol. The molecule has 0 aliphatic carbocycles. The molecule has 1 unspecified atom stereocenters. The Morgan fingerprint density at radius 1 is 1.45 bits per heavy atom. The molecule has 108 valence electrons. The summed E-state index contributed by atoms with van der Waals surface area (Å²) in [5.41, 5.74) is -0.342. The monoisotopic (exact) mass is 279 g/mol. The van der Waals surface area contributed by atoms with Gasteiger partial charge in [-0.25, -0.2) is 0 Å². The Hall–Kier alpha value is -2.15. The second-order valence-electron chi connectivity index (χ2n) is 5.07. The summed E-state index contributed by atoms with van der Waals surface area (Å²) >= 11 is 0. The maximum atomic E-state index is 12.5. The number of likely N-dealkylation sites (N-methyl/N-ethyl adjacent to an activating group) is 1. The number of hydrogen-bond acceptors (Lipinski definition) is 5. The first-order valence-electron chi connectivity index (χ1n) is 6.37. The molecule has 1 saturated heterocycles. The van der Waals surface area contributed by atoms with E-state index in [1.165, 1.54) is 6.07 Å².